The maximum atomic E-state index is 12.2. The summed E-state index contributed by atoms with van der Waals surface area (Å²) in [6, 6.07) is 3.97. The fourth-order valence-corrected chi connectivity index (χ4v) is 4.75. The average Bonchev–Trinajstić information content (AvgIpc) is 2.44. The van der Waals surface area contributed by atoms with Crippen LogP contribution in [0.15, 0.2) is 12.1 Å². The van der Waals surface area contributed by atoms with Crippen LogP contribution in [0.3, 0.4) is 0 Å². The molecule has 0 spiro atoms. The van der Waals surface area contributed by atoms with Gasteiger partial charge in [-0.05, 0) is 99.2 Å². The van der Waals surface area contributed by atoms with Crippen LogP contribution in [-0.2, 0) is 4.74 Å². The largest absolute Gasteiger partial charge is 0.456 e. The number of hydrogen-bond acceptors (Lipinski definition) is 2. The molecule has 0 radical (unpaired) electrons. The van der Waals surface area contributed by atoms with Gasteiger partial charge in [0.25, 0.3) is 0 Å². The number of halogens is 3. The normalized spacial score (nSPS) is 16.1. The highest BCUT2D eigenvalue weighted by Gasteiger charge is 2.17. The summed E-state index contributed by atoms with van der Waals surface area (Å²) in [5.74, 6) is -0.192. The molecule has 110 valence electrons. The van der Waals surface area contributed by atoms with Crippen molar-refractivity contribution < 1.29 is 14.4 Å². The molecule has 1 saturated heterocycles. The van der Waals surface area contributed by atoms with Gasteiger partial charge in [0.2, 0.25) is 0 Å². The molecule has 1 heterocycles. The van der Waals surface area contributed by atoms with E-state index in [0.717, 1.165) is 17.3 Å². The van der Waals surface area contributed by atoms with E-state index in [2.05, 4.69) is 73.8 Å². The lowest BCUT2D eigenvalue weighted by Gasteiger charge is -2.23. The van der Waals surface area contributed by atoms with Gasteiger partial charge in [-0.25, -0.2) is 4.79 Å². The number of hydrogen-bond donors (Lipinski definition) is 1. The first kappa shape index (κ1) is 17.2. The number of rotatable bonds is 4. The molecule has 0 aliphatic carbocycles. The average molecular weight is 612 g/mol. The Bertz CT molecular complexity index is 488. The minimum absolute atomic E-state index is 0.192. The Labute approximate surface area is 160 Å². The van der Waals surface area contributed by atoms with Crippen molar-refractivity contribution in [3.63, 3.8) is 0 Å². The van der Waals surface area contributed by atoms with Gasteiger partial charge in [0.1, 0.15) is 13.2 Å². The maximum absolute atomic E-state index is 12.2. The van der Waals surface area contributed by atoms with Crippen molar-refractivity contribution in [1.82, 2.24) is 0 Å². The molecule has 6 heteroatoms. The zero-order valence-corrected chi connectivity index (χ0v) is 17.5. The van der Waals surface area contributed by atoms with Gasteiger partial charge in [-0.1, -0.05) is 0 Å². The lowest BCUT2D eigenvalue weighted by atomic mass is 10.1. The molecule has 1 aliphatic heterocycles. The number of benzene rings is 1. The first-order valence-corrected chi connectivity index (χ1v) is 9.97. The Hall–Kier alpha value is 0.840. The lowest BCUT2D eigenvalue weighted by molar-refractivity contribution is -0.905. The van der Waals surface area contributed by atoms with Crippen LogP contribution < -0.4 is 4.90 Å². The second-order valence-electron chi connectivity index (χ2n) is 4.95. The Kier molecular flexibility index (Phi) is 7.28. The van der Waals surface area contributed by atoms with Crippen molar-refractivity contribution in [3.8, 4) is 0 Å². The molecule has 1 aromatic rings. The summed E-state index contributed by atoms with van der Waals surface area (Å²) in [5, 5.41) is 0. The number of nitrogens with one attached hydrogen (secondary N) is 1. The van der Waals surface area contributed by atoms with E-state index in [1.54, 1.807) is 4.90 Å². The first-order chi connectivity index (χ1) is 9.58. The van der Waals surface area contributed by atoms with Crippen molar-refractivity contribution in [2.24, 2.45) is 0 Å². The number of piperidine rings is 1. The number of carbonyl (C=O) groups is 1. The molecule has 1 N–H and O–H groups in total. The molecule has 1 aliphatic rings. The Morgan fingerprint density at radius 2 is 1.85 bits per heavy atom. The van der Waals surface area contributed by atoms with Crippen LogP contribution >= 0.6 is 67.8 Å². The van der Waals surface area contributed by atoms with Crippen molar-refractivity contribution in [2.75, 3.05) is 26.2 Å². The molecule has 0 amide bonds. The molecular formula is C14H17I3NO2+. The SMILES string of the molecule is O=C(OCC[NH+]1CCCCC1)c1cc(I)cc(I)c1I. The van der Waals surface area contributed by atoms with E-state index in [1.807, 2.05) is 6.07 Å². The molecule has 0 aromatic heterocycles. The smallest absolute Gasteiger partial charge is 0.339 e. The molecule has 0 bridgehead atoms. The minimum atomic E-state index is -0.192. The molecule has 3 nitrogen and oxygen atoms in total. The zero-order valence-electron chi connectivity index (χ0n) is 11.1. The second-order valence-corrected chi connectivity index (χ2v) is 8.43. The molecule has 20 heavy (non-hydrogen) atoms. The van der Waals surface area contributed by atoms with E-state index in [1.165, 1.54) is 32.4 Å². The molecule has 1 aromatic carbocycles. The molecule has 0 saturated carbocycles. The summed E-state index contributed by atoms with van der Waals surface area (Å²) < 4.78 is 8.61. The Morgan fingerprint density at radius 1 is 1.15 bits per heavy atom. The second kappa shape index (κ2) is 8.47. The standard InChI is InChI=1S/C14H16I3NO2/c15-10-8-11(13(17)12(16)9-10)14(19)20-7-6-18-4-2-1-3-5-18/h8-9H,1-7H2/p+1. The van der Waals surface area contributed by atoms with E-state index in [-0.39, 0.29) is 5.97 Å². The van der Waals surface area contributed by atoms with Crippen LogP contribution in [0.25, 0.3) is 0 Å². The van der Waals surface area contributed by atoms with Crippen LogP contribution in [0.1, 0.15) is 29.6 Å². The lowest BCUT2D eigenvalue weighted by Crippen LogP contribution is -3.13. The number of likely N-dealkylation sites (tertiary alicyclic amines) is 1. The van der Waals surface area contributed by atoms with Gasteiger partial charge < -0.3 is 9.64 Å². The topological polar surface area (TPSA) is 30.7 Å². The number of quaternary nitrogens is 1. The predicted molar refractivity (Wildman–Crippen MR) is 104 cm³/mol. The highest BCUT2D eigenvalue weighted by molar-refractivity contribution is 14.1. The molecule has 2 rings (SSSR count). The van der Waals surface area contributed by atoms with Gasteiger partial charge in [-0.2, -0.15) is 0 Å². The van der Waals surface area contributed by atoms with Crippen molar-refractivity contribution in [2.45, 2.75) is 19.3 Å². The van der Waals surface area contributed by atoms with Crippen LogP contribution in [0.4, 0.5) is 0 Å². The van der Waals surface area contributed by atoms with Gasteiger partial charge in [0, 0.05) is 10.7 Å². The van der Waals surface area contributed by atoms with E-state index >= 15 is 0 Å². The predicted octanol–water partition coefficient (Wildman–Crippen LogP) is 2.73. The minimum Gasteiger partial charge on any atom is -0.456 e. The van der Waals surface area contributed by atoms with Crippen molar-refractivity contribution in [1.29, 1.82) is 0 Å². The van der Waals surface area contributed by atoms with E-state index in [4.69, 9.17) is 4.74 Å². The summed E-state index contributed by atoms with van der Waals surface area (Å²) in [4.78, 5) is 13.7. The third-order valence-corrected chi connectivity index (χ3v) is 7.13. The van der Waals surface area contributed by atoms with E-state index < -0.39 is 0 Å². The van der Waals surface area contributed by atoms with Gasteiger partial charge in [-0.3, -0.25) is 0 Å². The molecule has 1 fully saturated rings. The van der Waals surface area contributed by atoms with Crippen LogP contribution in [0.2, 0.25) is 0 Å². The summed E-state index contributed by atoms with van der Waals surface area (Å²) in [5.41, 5.74) is 0.690. The van der Waals surface area contributed by atoms with Gasteiger partial charge >= 0.3 is 5.97 Å². The number of carbonyl (C=O) groups excluding carboxylic acids is 1. The van der Waals surface area contributed by atoms with Gasteiger partial charge in [0.05, 0.1) is 18.7 Å². The fraction of sp³-hybridized carbons (Fsp3) is 0.500. The van der Waals surface area contributed by atoms with Crippen molar-refractivity contribution >= 4 is 73.7 Å². The quantitative estimate of drug-likeness (QED) is 0.323. The van der Waals surface area contributed by atoms with Gasteiger partial charge in [-0.15, -0.1) is 0 Å². The highest BCUT2D eigenvalue weighted by atomic mass is 127. The first-order valence-electron chi connectivity index (χ1n) is 6.73. The zero-order chi connectivity index (χ0) is 14.5. The summed E-state index contributed by atoms with van der Waals surface area (Å²) in [7, 11) is 0. The summed E-state index contributed by atoms with van der Waals surface area (Å²) in [6.45, 7) is 3.89. The fourth-order valence-electron chi connectivity index (χ4n) is 2.37. The molecular weight excluding hydrogens is 595 g/mol. The highest BCUT2D eigenvalue weighted by Crippen LogP contribution is 2.23. The monoisotopic (exact) mass is 612 g/mol. The molecule has 0 atom stereocenters. The number of ether oxygens (including phenoxy) is 1. The Balaban J connectivity index is 1.88. The summed E-state index contributed by atoms with van der Waals surface area (Å²) in [6.07, 6.45) is 3.95. The van der Waals surface area contributed by atoms with Crippen LogP contribution in [0, 0.1) is 10.7 Å². The van der Waals surface area contributed by atoms with E-state index in [9.17, 15) is 4.79 Å². The third-order valence-electron chi connectivity index (χ3n) is 3.46. The van der Waals surface area contributed by atoms with E-state index in [0.29, 0.717) is 12.2 Å². The van der Waals surface area contributed by atoms with Crippen LogP contribution in [-0.4, -0.2) is 32.2 Å². The third kappa shape index (κ3) is 4.94. The Morgan fingerprint density at radius 3 is 2.55 bits per heavy atom. The molecule has 0 unspecified atom stereocenters. The van der Waals surface area contributed by atoms with Gasteiger partial charge in [0.15, 0.2) is 0 Å². The summed E-state index contributed by atoms with van der Waals surface area (Å²) >= 11 is 6.71. The van der Waals surface area contributed by atoms with Crippen LogP contribution in [0.5, 0.6) is 0 Å². The maximum Gasteiger partial charge on any atom is 0.339 e. The number of esters is 1. The van der Waals surface area contributed by atoms with Crippen molar-refractivity contribution in [3.05, 3.63) is 28.4 Å².